The minimum atomic E-state index is 0. The Kier molecular flexibility index (Phi) is 16.5. The summed E-state index contributed by atoms with van der Waals surface area (Å²) in [5.41, 5.74) is 0. The molecule has 0 bridgehead atoms. The Hall–Kier alpha value is -0.570. The van der Waals surface area contributed by atoms with E-state index < -0.39 is 0 Å². The van der Waals surface area contributed by atoms with Crippen LogP contribution >= 0.6 is 0 Å². The van der Waals surface area contributed by atoms with Gasteiger partial charge in [0.2, 0.25) is 0 Å². The van der Waals surface area contributed by atoms with E-state index >= 15 is 0 Å². The molecule has 0 aromatic carbocycles. The highest BCUT2D eigenvalue weighted by Crippen LogP contribution is 2.11. The molecule has 0 fully saturated rings. The molecule has 0 radical (unpaired) electrons. The van der Waals surface area contributed by atoms with Crippen LogP contribution in [-0.2, 0) is 19.5 Å². The van der Waals surface area contributed by atoms with Gasteiger partial charge in [-0.05, 0) is 26.2 Å². The van der Waals surface area contributed by atoms with E-state index in [-0.39, 0.29) is 17.0 Å². The van der Waals surface area contributed by atoms with Crippen LogP contribution in [0.5, 0.6) is 0 Å². The molecule has 0 amide bonds. The highest BCUT2D eigenvalue weighted by molar-refractivity contribution is 4.86. The maximum absolute atomic E-state index is 3.86. The first-order valence-electron chi connectivity index (χ1n) is 10.5. The molecule has 3 heteroatoms. The maximum atomic E-state index is 3.86. The van der Waals surface area contributed by atoms with Crippen LogP contribution in [0.3, 0.4) is 0 Å². The third-order valence-corrected chi connectivity index (χ3v) is 5.00. The number of aromatic nitrogens is 2. The van der Waals surface area contributed by atoms with Gasteiger partial charge in [-0.25, -0.2) is 9.13 Å². The van der Waals surface area contributed by atoms with Gasteiger partial charge < -0.3 is 17.0 Å². The Morgan fingerprint density at radius 1 is 0.920 bits per heavy atom. The van der Waals surface area contributed by atoms with Crippen LogP contribution in [-0.4, -0.2) is 4.57 Å². The molecule has 0 saturated heterocycles. The highest BCUT2D eigenvalue weighted by atomic mass is 79.9. The standard InChI is InChI=1S/C22H41N2.BrH/c1-4-7-9-10-11-12-13-14-15-16-17-19-24-21-20-23(6-3)22(24)18-8-5-2;/h5,20-21H,2,4,6-19H2,1,3H3;1H/q+1;/p-1. The molecular formula is C22H41BrN2. The van der Waals surface area contributed by atoms with Crippen LogP contribution in [0.25, 0.3) is 0 Å². The lowest BCUT2D eigenvalue weighted by Gasteiger charge is -2.04. The lowest BCUT2D eigenvalue weighted by atomic mass is 10.1. The summed E-state index contributed by atoms with van der Waals surface area (Å²) in [5, 5.41) is 0. The molecule has 1 rings (SSSR count). The molecule has 1 aromatic rings. The zero-order valence-corrected chi connectivity index (χ0v) is 18.4. The summed E-state index contributed by atoms with van der Waals surface area (Å²) in [5.74, 6) is 1.46. The molecule has 0 aliphatic carbocycles. The van der Waals surface area contributed by atoms with Gasteiger partial charge in [-0.1, -0.05) is 70.8 Å². The van der Waals surface area contributed by atoms with Gasteiger partial charge in [0.05, 0.1) is 19.5 Å². The summed E-state index contributed by atoms with van der Waals surface area (Å²) in [6.45, 7) is 10.6. The first kappa shape index (κ1) is 24.4. The van der Waals surface area contributed by atoms with Gasteiger partial charge in [-0.2, -0.15) is 0 Å². The van der Waals surface area contributed by atoms with Crippen LogP contribution in [0.15, 0.2) is 25.0 Å². The molecule has 0 saturated carbocycles. The average Bonchev–Trinajstić information content (AvgIpc) is 2.99. The second-order valence-electron chi connectivity index (χ2n) is 7.06. The Balaban J connectivity index is 0.00000576. The van der Waals surface area contributed by atoms with Crippen molar-refractivity contribution in [2.75, 3.05) is 0 Å². The molecule has 0 unspecified atom stereocenters. The number of rotatable bonds is 16. The number of imidazole rings is 1. The van der Waals surface area contributed by atoms with Gasteiger partial charge in [-0.15, -0.1) is 6.58 Å². The Bertz CT molecular complexity index is 426. The average molecular weight is 413 g/mol. The minimum Gasteiger partial charge on any atom is -1.00 e. The van der Waals surface area contributed by atoms with Gasteiger partial charge >= 0.3 is 0 Å². The van der Waals surface area contributed by atoms with Crippen molar-refractivity contribution in [2.24, 2.45) is 0 Å². The highest BCUT2D eigenvalue weighted by Gasteiger charge is 2.14. The molecule has 25 heavy (non-hydrogen) atoms. The third-order valence-electron chi connectivity index (χ3n) is 5.00. The van der Waals surface area contributed by atoms with E-state index in [0.717, 1.165) is 19.4 Å². The summed E-state index contributed by atoms with van der Waals surface area (Å²) < 4.78 is 4.84. The summed E-state index contributed by atoms with van der Waals surface area (Å²) in [7, 11) is 0. The first-order valence-corrected chi connectivity index (χ1v) is 10.5. The summed E-state index contributed by atoms with van der Waals surface area (Å²) in [6, 6.07) is 0. The van der Waals surface area contributed by atoms with Crippen molar-refractivity contribution in [1.29, 1.82) is 0 Å². The normalized spacial score (nSPS) is 10.6. The van der Waals surface area contributed by atoms with E-state index in [1.54, 1.807) is 0 Å². The number of halogens is 1. The number of hydrogen-bond donors (Lipinski definition) is 0. The molecule has 0 spiro atoms. The van der Waals surface area contributed by atoms with E-state index in [0.29, 0.717) is 0 Å². The van der Waals surface area contributed by atoms with Crippen molar-refractivity contribution in [3.05, 3.63) is 30.9 Å². The van der Waals surface area contributed by atoms with E-state index in [9.17, 15) is 0 Å². The van der Waals surface area contributed by atoms with Crippen molar-refractivity contribution in [3.8, 4) is 0 Å². The van der Waals surface area contributed by atoms with E-state index in [1.807, 2.05) is 6.08 Å². The predicted octanol–water partition coefficient (Wildman–Crippen LogP) is 3.23. The monoisotopic (exact) mass is 412 g/mol. The molecular weight excluding hydrogens is 372 g/mol. The SMILES string of the molecule is C=CCCc1n(CC)cc[n+]1CCCCCCCCCCCCC.[Br-]. The number of unbranched alkanes of at least 4 members (excludes halogenated alkanes) is 10. The van der Waals surface area contributed by atoms with Crippen LogP contribution < -0.4 is 21.5 Å². The fraction of sp³-hybridized carbons (Fsp3) is 0.773. The van der Waals surface area contributed by atoms with Gasteiger partial charge in [-0.3, -0.25) is 0 Å². The number of allylic oxidation sites excluding steroid dienone is 1. The van der Waals surface area contributed by atoms with E-state index in [4.69, 9.17) is 0 Å². The number of hydrogen-bond acceptors (Lipinski definition) is 0. The fourth-order valence-electron chi connectivity index (χ4n) is 3.45. The zero-order valence-electron chi connectivity index (χ0n) is 16.8. The maximum Gasteiger partial charge on any atom is 0.256 e. The third kappa shape index (κ3) is 10.9. The van der Waals surface area contributed by atoms with Crippen molar-refractivity contribution in [1.82, 2.24) is 4.57 Å². The van der Waals surface area contributed by atoms with Crippen LogP contribution in [0.1, 0.15) is 96.7 Å². The van der Waals surface area contributed by atoms with Crippen molar-refractivity contribution in [2.45, 2.75) is 110 Å². The van der Waals surface area contributed by atoms with Crippen LogP contribution in [0.2, 0.25) is 0 Å². The second-order valence-corrected chi connectivity index (χ2v) is 7.06. The number of aryl methyl sites for hydroxylation is 2. The second kappa shape index (κ2) is 16.9. The molecule has 1 aromatic heterocycles. The Morgan fingerprint density at radius 2 is 1.48 bits per heavy atom. The lowest BCUT2D eigenvalue weighted by molar-refractivity contribution is -0.704. The Morgan fingerprint density at radius 3 is 2.00 bits per heavy atom. The molecule has 1 heterocycles. The summed E-state index contributed by atoms with van der Waals surface area (Å²) >= 11 is 0. The van der Waals surface area contributed by atoms with Crippen LogP contribution in [0.4, 0.5) is 0 Å². The van der Waals surface area contributed by atoms with Gasteiger partial charge in [0, 0.05) is 0 Å². The van der Waals surface area contributed by atoms with Gasteiger partial charge in [0.15, 0.2) is 0 Å². The molecule has 0 atom stereocenters. The van der Waals surface area contributed by atoms with Crippen LogP contribution in [0, 0.1) is 0 Å². The molecule has 0 N–H and O–H groups in total. The first-order chi connectivity index (χ1) is 11.8. The van der Waals surface area contributed by atoms with Crippen molar-refractivity contribution < 1.29 is 21.5 Å². The summed E-state index contributed by atoms with van der Waals surface area (Å²) in [4.78, 5) is 0. The fourth-order valence-corrected chi connectivity index (χ4v) is 3.45. The molecule has 2 nitrogen and oxygen atoms in total. The van der Waals surface area contributed by atoms with Crippen molar-refractivity contribution >= 4 is 0 Å². The summed E-state index contributed by atoms with van der Waals surface area (Å²) in [6.07, 6.45) is 24.2. The predicted molar refractivity (Wildman–Crippen MR) is 105 cm³/mol. The molecule has 0 aliphatic rings. The van der Waals surface area contributed by atoms with Gasteiger partial charge in [0.1, 0.15) is 12.4 Å². The minimum absolute atomic E-state index is 0. The Labute approximate surface area is 167 Å². The molecule has 0 aliphatic heterocycles. The lowest BCUT2D eigenvalue weighted by Crippen LogP contribution is -3.00. The molecule has 146 valence electrons. The largest absolute Gasteiger partial charge is 1.00 e. The quantitative estimate of drug-likeness (QED) is 0.224. The van der Waals surface area contributed by atoms with E-state index in [2.05, 4.69) is 42.0 Å². The smallest absolute Gasteiger partial charge is 0.256 e. The number of nitrogens with zero attached hydrogens (tertiary/aromatic N) is 2. The van der Waals surface area contributed by atoms with Gasteiger partial charge in [0.25, 0.3) is 5.82 Å². The van der Waals surface area contributed by atoms with Crippen molar-refractivity contribution in [3.63, 3.8) is 0 Å². The van der Waals surface area contributed by atoms with E-state index in [1.165, 1.54) is 83.0 Å². The topological polar surface area (TPSA) is 8.81 Å². The zero-order chi connectivity index (χ0) is 17.5.